The van der Waals surface area contributed by atoms with E-state index in [2.05, 4.69) is 17.6 Å². The zero-order chi connectivity index (χ0) is 21.8. The summed E-state index contributed by atoms with van der Waals surface area (Å²) in [6, 6.07) is 16.4. The largest absolute Gasteiger partial charge is 0.341 e. The monoisotopic (exact) mass is 419 g/mol. The number of nitrogens with zero attached hydrogens (tertiary/aromatic N) is 1. The predicted octanol–water partition coefficient (Wildman–Crippen LogP) is 3.76. The summed E-state index contributed by atoms with van der Waals surface area (Å²) in [5, 5.41) is 5.57. The summed E-state index contributed by atoms with van der Waals surface area (Å²) in [5.41, 5.74) is 1.79. The Morgan fingerprint density at radius 3 is 2.23 bits per heavy atom. The van der Waals surface area contributed by atoms with Gasteiger partial charge in [0.25, 0.3) is 5.91 Å². The lowest BCUT2D eigenvalue weighted by atomic mass is 10.0. The first kappa shape index (κ1) is 21.1. The van der Waals surface area contributed by atoms with E-state index in [9.17, 15) is 14.4 Å². The molecule has 3 unspecified atom stereocenters. The number of anilines is 1. The first-order valence-electron chi connectivity index (χ1n) is 11.1. The number of amides is 3. The van der Waals surface area contributed by atoms with E-state index in [0.29, 0.717) is 23.1 Å². The van der Waals surface area contributed by atoms with Gasteiger partial charge in [-0.2, -0.15) is 0 Å². The number of hydrogen-bond donors (Lipinski definition) is 2. The third kappa shape index (κ3) is 4.95. The first-order chi connectivity index (χ1) is 15.0. The highest BCUT2D eigenvalue weighted by Crippen LogP contribution is 2.46. The minimum Gasteiger partial charge on any atom is -0.341 e. The molecule has 2 aliphatic rings. The number of rotatable bonds is 5. The van der Waals surface area contributed by atoms with Crippen molar-refractivity contribution < 1.29 is 14.4 Å². The van der Waals surface area contributed by atoms with E-state index >= 15 is 0 Å². The Balaban J connectivity index is 1.45. The molecule has 3 atom stereocenters. The van der Waals surface area contributed by atoms with Gasteiger partial charge in [-0.1, -0.05) is 49.4 Å². The number of likely N-dealkylation sites (tertiary alicyclic amines) is 1. The SMILES string of the molecule is CC1CC1C(NC(=O)C(=O)Nc1ccccc1C(=O)N1CCCCC1)c1ccccc1. The van der Waals surface area contributed by atoms with Crippen LogP contribution >= 0.6 is 0 Å². The molecule has 4 rings (SSSR count). The number of carbonyl (C=O) groups is 3. The van der Waals surface area contributed by atoms with Crippen LogP contribution in [0.3, 0.4) is 0 Å². The highest BCUT2D eigenvalue weighted by molar-refractivity contribution is 6.40. The summed E-state index contributed by atoms with van der Waals surface area (Å²) < 4.78 is 0. The molecular weight excluding hydrogens is 390 g/mol. The van der Waals surface area contributed by atoms with E-state index < -0.39 is 11.8 Å². The van der Waals surface area contributed by atoms with Gasteiger partial charge in [0.05, 0.1) is 17.3 Å². The summed E-state index contributed by atoms with van der Waals surface area (Å²) >= 11 is 0. The molecule has 2 aromatic carbocycles. The molecule has 162 valence electrons. The quantitative estimate of drug-likeness (QED) is 0.725. The average Bonchev–Trinajstić information content (AvgIpc) is 3.54. The van der Waals surface area contributed by atoms with Crippen molar-refractivity contribution in [2.24, 2.45) is 11.8 Å². The summed E-state index contributed by atoms with van der Waals surface area (Å²) in [5.74, 6) is -0.713. The third-order valence-corrected chi connectivity index (χ3v) is 6.30. The Labute approximate surface area is 183 Å². The molecule has 2 N–H and O–H groups in total. The van der Waals surface area contributed by atoms with Gasteiger partial charge in [0.2, 0.25) is 0 Å². The van der Waals surface area contributed by atoms with Gasteiger partial charge in [-0.15, -0.1) is 0 Å². The molecule has 0 bridgehead atoms. The minimum absolute atomic E-state index is 0.107. The Kier molecular flexibility index (Phi) is 6.35. The summed E-state index contributed by atoms with van der Waals surface area (Å²) in [7, 11) is 0. The van der Waals surface area contributed by atoms with Gasteiger partial charge in [0, 0.05) is 13.1 Å². The van der Waals surface area contributed by atoms with Gasteiger partial charge >= 0.3 is 11.8 Å². The molecule has 6 nitrogen and oxygen atoms in total. The van der Waals surface area contributed by atoms with Gasteiger partial charge in [0.1, 0.15) is 0 Å². The van der Waals surface area contributed by atoms with Gasteiger partial charge in [-0.25, -0.2) is 0 Å². The molecule has 31 heavy (non-hydrogen) atoms. The molecule has 3 amide bonds. The fourth-order valence-corrected chi connectivity index (χ4v) is 4.35. The fourth-order valence-electron chi connectivity index (χ4n) is 4.35. The Hall–Kier alpha value is -3.15. The van der Waals surface area contributed by atoms with Crippen LogP contribution in [0.1, 0.15) is 54.6 Å². The smallest absolute Gasteiger partial charge is 0.313 e. The molecule has 1 aliphatic heterocycles. The third-order valence-electron chi connectivity index (χ3n) is 6.30. The normalized spacial score (nSPS) is 21.1. The molecule has 1 saturated heterocycles. The van der Waals surface area contributed by atoms with Crippen LogP contribution in [0.4, 0.5) is 5.69 Å². The molecule has 2 aromatic rings. The second-order valence-electron chi connectivity index (χ2n) is 8.59. The van der Waals surface area contributed by atoms with E-state index in [1.165, 1.54) is 0 Å². The van der Waals surface area contributed by atoms with Crippen LogP contribution in [-0.4, -0.2) is 35.7 Å². The highest BCUT2D eigenvalue weighted by Gasteiger charge is 2.41. The van der Waals surface area contributed by atoms with Crippen molar-refractivity contribution in [3.63, 3.8) is 0 Å². The lowest BCUT2D eigenvalue weighted by Gasteiger charge is -2.27. The average molecular weight is 420 g/mol. The highest BCUT2D eigenvalue weighted by atomic mass is 16.2. The van der Waals surface area contributed by atoms with Crippen molar-refractivity contribution >= 4 is 23.4 Å². The molecule has 2 fully saturated rings. The van der Waals surface area contributed by atoms with E-state index in [1.54, 1.807) is 24.3 Å². The van der Waals surface area contributed by atoms with E-state index in [4.69, 9.17) is 0 Å². The Morgan fingerprint density at radius 1 is 0.903 bits per heavy atom. The molecule has 1 saturated carbocycles. The molecule has 0 radical (unpaired) electrons. The van der Waals surface area contributed by atoms with Crippen LogP contribution in [0.5, 0.6) is 0 Å². The molecule has 1 aliphatic carbocycles. The maximum Gasteiger partial charge on any atom is 0.313 e. The van der Waals surface area contributed by atoms with Crippen molar-refractivity contribution in [3.05, 3.63) is 65.7 Å². The van der Waals surface area contributed by atoms with Gasteiger partial charge in [-0.3, -0.25) is 14.4 Å². The first-order valence-corrected chi connectivity index (χ1v) is 11.1. The van der Waals surface area contributed by atoms with Crippen LogP contribution in [0.2, 0.25) is 0 Å². The molecule has 6 heteroatoms. The summed E-state index contributed by atoms with van der Waals surface area (Å²) in [6.07, 6.45) is 4.13. The zero-order valence-electron chi connectivity index (χ0n) is 17.8. The van der Waals surface area contributed by atoms with E-state index in [1.807, 2.05) is 35.2 Å². The van der Waals surface area contributed by atoms with Crippen molar-refractivity contribution in [1.29, 1.82) is 0 Å². The second-order valence-corrected chi connectivity index (χ2v) is 8.59. The maximum absolute atomic E-state index is 12.9. The fraction of sp³-hybridized carbons (Fsp3) is 0.400. The number of carbonyl (C=O) groups excluding carboxylic acids is 3. The second kappa shape index (κ2) is 9.33. The Bertz CT molecular complexity index is 953. The molecular formula is C25H29N3O3. The van der Waals surface area contributed by atoms with Crippen LogP contribution < -0.4 is 10.6 Å². The molecule has 1 heterocycles. The standard InChI is InChI=1S/C25H29N3O3/c1-17-16-20(17)22(18-10-4-2-5-11-18)27-24(30)23(29)26-21-13-7-6-12-19(21)25(31)28-14-8-3-9-15-28/h2,4-7,10-13,17,20,22H,3,8-9,14-16H2,1H3,(H,26,29)(H,27,30). The molecule has 0 aromatic heterocycles. The number of benzene rings is 2. The van der Waals surface area contributed by atoms with Crippen LogP contribution in [0.25, 0.3) is 0 Å². The lowest BCUT2D eigenvalue weighted by molar-refractivity contribution is -0.136. The summed E-state index contributed by atoms with van der Waals surface area (Å²) in [6.45, 7) is 3.59. The predicted molar refractivity (Wildman–Crippen MR) is 119 cm³/mol. The number of para-hydroxylation sites is 1. The van der Waals surface area contributed by atoms with Crippen LogP contribution in [-0.2, 0) is 9.59 Å². The van der Waals surface area contributed by atoms with Crippen LogP contribution in [0.15, 0.2) is 54.6 Å². The van der Waals surface area contributed by atoms with Gasteiger partial charge in [-0.05, 0) is 55.2 Å². The lowest BCUT2D eigenvalue weighted by Crippen LogP contribution is -2.39. The van der Waals surface area contributed by atoms with Crippen molar-refractivity contribution in [2.75, 3.05) is 18.4 Å². The van der Waals surface area contributed by atoms with E-state index in [0.717, 1.165) is 44.3 Å². The number of hydrogen-bond acceptors (Lipinski definition) is 3. The van der Waals surface area contributed by atoms with Gasteiger partial charge in [0.15, 0.2) is 0 Å². The van der Waals surface area contributed by atoms with Crippen molar-refractivity contribution in [1.82, 2.24) is 10.2 Å². The summed E-state index contributed by atoms with van der Waals surface area (Å²) in [4.78, 5) is 40.2. The number of nitrogens with one attached hydrogen (secondary N) is 2. The van der Waals surface area contributed by atoms with Crippen LogP contribution in [0, 0.1) is 11.8 Å². The topological polar surface area (TPSA) is 78.5 Å². The van der Waals surface area contributed by atoms with Crippen molar-refractivity contribution in [3.8, 4) is 0 Å². The maximum atomic E-state index is 12.9. The van der Waals surface area contributed by atoms with Crippen molar-refractivity contribution in [2.45, 2.75) is 38.6 Å². The van der Waals surface area contributed by atoms with E-state index in [-0.39, 0.29) is 11.9 Å². The number of piperidine rings is 1. The minimum atomic E-state index is -0.756. The zero-order valence-corrected chi connectivity index (χ0v) is 17.8. The van der Waals surface area contributed by atoms with Gasteiger partial charge < -0.3 is 15.5 Å². The molecule has 0 spiro atoms. The Morgan fingerprint density at radius 2 is 1.55 bits per heavy atom.